The number of hydrogen-bond acceptors (Lipinski definition) is 3. The van der Waals surface area contributed by atoms with Crippen molar-refractivity contribution in [3.8, 4) is 0 Å². The van der Waals surface area contributed by atoms with Crippen molar-refractivity contribution in [2.75, 3.05) is 6.54 Å². The summed E-state index contributed by atoms with van der Waals surface area (Å²) in [6.45, 7) is 0.296. The molecule has 0 fully saturated rings. The highest BCUT2D eigenvalue weighted by Crippen LogP contribution is 2.24. The first-order valence-electron chi connectivity index (χ1n) is 5.36. The molecular formula is C12H12N2O4. The third-order valence-electron chi connectivity index (χ3n) is 2.76. The van der Waals surface area contributed by atoms with Crippen molar-refractivity contribution in [1.82, 2.24) is 4.98 Å². The van der Waals surface area contributed by atoms with Crippen LogP contribution in [0, 0.1) is 0 Å². The van der Waals surface area contributed by atoms with E-state index >= 15 is 0 Å². The van der Waals surface area contributed by atoms with E-state index in [4.69, 9.17) is 15.9 Å². The van der Waals surface area contributed by atoms with Gasteiger partial charge in [0.15, 0.2) is 0 Å². The van der Waals surface area contributed by atoms with Crippen molar-refractivity contribution < 1.29 is 19.8 Å². The second kappa shape index (κ2) is 4.50. The summed E-state index contributed by atoms with van der Waals surface area (Å²) < 4.78 is 0. The van der Waals surface area contributed by atoms with Gasteiger partial charge < -0.3 is 20.9 Å². The average Bonchev–Trinajstić information content (AvgIpc) is 2.68. The first-order chi connectivity index (χ1) is 8.54. The van der Waals surface area contributed by atoms with Gasteiger partial charge in [-0.15, -0.1) is 0 Å². The Morgan fingerprint density at radius 2 is 1.94 bits per heavy atom. The minimum absolute atomic E-state index is 0.0676. The van der Waals surface area contributed by atoms with Gasteiger partial charge in [-0.2, -0.15) is 0 Å². The molecule has 6 nitrogen and oxygen atoms in total. The Morgan fingerprint density at radius 1 is 1.22 bits per heavy atom. The smallest absolute Gasteiger partial charge is 0.352 e. The summed E-state index contributed by atoms with van der Waals surface area (Å²) in [6, 6.07) is 4.45. The van der Waals surface area contributed by atoms with Gasteiger partial charge in [0.25, 0.3) is 0 Å². The van der Waals surface area contributed by atoms with E-state index in [-0.39, 0.29) is 11.3 Å². The summed E-state index contributed by atoms with van der Waals surface area (Å²) in [7, 11) is 0. The molecule has 0 atom stereocenters. The van der Waals surface area contributed by atoms with Crippen LogP contribution in [0.4, 0.5) is 0 Å². The molecule has 2 aromatic rings. The van der Waals surface area contributed by atoms with Gasteiger partial charge in [0.05, 0.1) is 5.56 Å². The molecule has 94 valence electrons. The number of nitrogens with two attached hydrogens (primary N) is 1. The van der Waals surface area contributed by atoms with Gasteiger partial charge in [0.2, 0.25) is 0 Å². The van der Waals surface area contributed by atoms with Gasteiger partial charge >= 0.3 is 11.9 Å². The fraction of sp³-hybridized carbons (Fsp3) is 0.167. The van der Waals surface area contributed by atoms with Crippen LogP contribution in [0.15, 0.2) is 18.2 Å². The number of aromatic nitrogens is 1. The Bertz CT molecular complexity index is 630. The van der Waals surface area contributed by atoms with Crippen LogP contribution >= 0.6 is 0 Å². The Kier molecular flexibility index (Phi) is 3.03. The molecule has 18 heavy (non-hydrogen) atoms. The van der Waals surface area contributed by atoms with Crippen LogP contribution in [0.3, 0.4) is 0 Å². The van der Waals surface area contributed by atoms with Crippen LogP contribution in [-0.4, -0.2) is 33.7 Å². The number of carboxylic acid groups (broad SMARTS) is 2. The lowest BCUT2D eigenvalue weighted by Gasteiger charge is -1.99. The van der Waals surface area contributed by atoms with Crippen molar-refractivity contribution in [2.45, 2.75) is 6.42 Å². The second-order valence-corrected chi connectivity index (χ2v) is 3.89. The first-order valence-corrected chi connectivity index (χ1v) is 5.36. The average molecular weight is 248 g/mol. The van der Waals surface area contributed by atoms with E-state index in [9.17, 15) is 9.59 Å². The normalized spacial score (nSPS) is 10.7. The SMILES string of the molecule is NCCc1c(C(=O)O)[nH]c2ccc(C(=O)O)cc12. The molecule has 1 aromatic heterocycles. The van der Waals surface area contributed by atoms with Crippen molar-refractivity contribution in [1.29, 1.82) is 0 Å². The molecule has 5 N–H and O–H groups in total. The fourth-order valence-electron chi connectivity index (χ4n) is 1.97. The molecule has 0 aliphatic carbocycles. The molecule has 0 aliphatic heterocycles. The molecule has 0 amide bonds. The summed E-state index contributed by atoms with van der Waals surface area (Å²) >= 11 is 0. The molecule has 0 bridgehead atoms. The van der Waals surface area contributed by atoms with Crippen LogP contribution in [0.2, 0.25) is 0 Å². The number of benzene rings is 1. The van der Waals surface area contributed by atoms with Gasteiger partial charge in [-0.25, -0.2) is 9.59 Å². The minimum Gasteiger partial charge on any atom is -0.478 e. The van der Waals surface area contributed by atoms with Crippen LogP contribution in [0.1, 0.15) is 26.4 Å². The van der Waals surface area contributed by atoms with E-state index in [1.165, 1.54) is 12.1 Å². The maximum Gasteiger partial charge on any atom is 0.352 e. The quantitative estimate of drug-likeness (QED) is 0.645. The highest BCUT2D eigenvalue weighted by molar-refractivity contribution is 6.00. The van der Waals surface area contributed by atoms with E-state index in [1.807, 2.05) is 0 Å². The summed E-state index contributed by atoms with van der Waals surface area (Å²) in [6.07, 6.45) is 0.380. The molecule has 6 heteroatoms. The van der Waals surface area contributed by atoms with Crippen LogP contribution in [0.25, 0.3) is 10.9 Å². The molecule has 1 aromatic carbocycles. The van der Waals surface area contributed by atoms with E-state index in [2.05, 4.69) is 4.98 Å². The van der Waals surface area contributed by atoms with Crippen LogP contribution in [-0.2, 0) is 6.42 Å². The Balaban J connectivity index is 2.71. The number of hydrogen-bond donors (Lipinski definition) is 4. The van der Waals surface area contributed by atoms with Crippen molar-refractivity contribution in [3.05, 3.63) is 35.0 Å². The monoisotopic (exact) mass is 248 g/mol. The maximum atomic E-state index is 11.1. The number of carboxylic acids is 2. The fourth-order valence-corrected chi connectivity index (χ4v) is 1.97. The number of H-pyrrole nitrogens is 1. The summed E-state index contributed by atoms with van der Waals surface area (Å²) in [5.74, 6) is -2.12. The lowest BCUT2D eigenvalue weighted by Crippen LogP contribution is -2.07. The van der Waals surface area contributed by atoms with Gasteiger partial charge in [-0.05, 0) is 36.7 Å². The summed E-state index contributed by atoms with van der Waals surface area (Å²) in [5, 5.41) is 18.6. The van der Waals surface area contributed by atoms with Crippen molar-refractivity contribution in [3.63, 3.8) is 0 Å². The van der Waals surface area contributed by atoms with Crippen molar-refractivity contribution in [2.24, 2.45) is 5.73 Å². The van der Waals surface area contributed by atoms with E-state index in [1.54, 1.807) is 6.07 Å². The molecule has 1 heterocycles. The highest BCUT2D eigenvalue weighted by atomic mass is 16.4. The Morgan fingerprint density at radius 3 is 2.50 bits per heavy atom. The van der Waals surface area contributed by atoms with E-state index in [0.29, 0.717) is 29.4 Å². The number of rotatable bonds is 4. The molecule has 2 rings (SSSR count). The van der Waals surface area contributed by atoms with Gasteiger partial charge in [0.1, 0.15) is 5.69 Å². The second-order valence-electron chi connectivity index (χ2n) is 3.89. The third-order valence-corrected chi connectivity index (χ3v) is 2.76. The third kappa shape index (κ3) is 1.93. The summed E-state index contributed by atoms with van der Waals surface area (Å²) in [5.41, 5.74) is 6.79. The lowest BCUT2D eigenvalue weighted by atomic mass is 10.1. The Labute approximate surface area is 102 Å². The topological polar surface area (TPSA) is 116 Å². The largest absolute Gasteiger partial charge is 0.478 e. The van der Waals surface area contributed by atoms with E-state index < -0.39 is 11.9 Å². The predicted octanol–water partition coefficient (Wildman–Crippen LogP) is 1.07. The minimum atomic E-state index is -1.08. The first kappa shape index (κ1) is 12.1. The standard InChI is InChI=1S/C12H12N2O4/c13-4-3-7-8-5-6(11(15)16)1-2-9(8)14-10(7)12(17)18/h1-2,5,14H,3-4,13H2,(H,15,16)(H,17,18). The molecule has 0 saturated carbocycles. The number of aromatic carboxylic acids is 2. The zero-order valence-corrected chi connectivity index (χ0v) is 9.43. The van der Waals surface area contributed by atoms with Gasteiger partial charge in [-0.1, -0.05) is 0 Å². The van der Waals surface area contributed by atoms with E-state index in [0.717, 1.165) is 0 Å². The van der Waals surface area contributed by atoms with Crippen LogP contribution < -0.4 is 5.73 Å². The van der Waals surface area contributed by atoms with Crippen LogP contribution in [0.5, 0.6) is 0 Å². The number of carbonyl (C=O) groups is 2. The number of aromatic amines is 1. The Hall–Kier alpha value is -2.34. The number of fused-ring (bicyclic) bond motifs is 1. The molecule has 0 spiro atoms. The molecular weight excluding hydrogens is 236 g/mol. The molecule has 0 radical (unpaired) electrons. The molecule has 0 saturated heterocycles. The summed E-state index contributed by atoms with van der Waals surface area (Å²) in [4.78, 5) is 24.8. The van der Waals surface area contributed by atoms with Gasteiger partial charge in [-0.3, -0.25) is 0 Å². The zero-order valence-electron chi connectivity index (χ0n) is 9.43. The lowest BCUT2D eigenvalue weighted by molar-refractivity contribution is 0.0682. The highest BCUT2D eigenvalue weighted by Gasteiger charge is 2.17. The molecule has 0 unspecified atom stereocenters. The number of nitrogens with one attached hydrogen (secondary N) is 1. The zero-order chi connectivity index (χ0) is 13.3. The predicted molar refractivity (Wildman–Crippen MR) is 65.0 cm³/mol. The van der Waals surface area contributed by atoms with Crippen molar-refractivity contribution >= 4 is 22.8 Å². The van der Waals surface area contributed by atoms with Gasteiger partial charge in [0, 0.05) is 10.9 Å². The maximum absolute atomic E-state index is 11.1. The molecule has 0 aliphatic rings.